The zero-order valence-corrected chi connectivity index (χ0v) is 18.7. The maximum atomic E-state index is 9.04. The summed E-state index contributed by atoms with van der Waals surface area (Å²) in [7, 11) is 0. The summed E-state index contributed by atoms with van der Waals surface area (Å²) in [6, 6.07) is 15.9. The lowest BCUT2D eigenvalue weighted by Gasteiger charge is -2.09. The Morgan fingerprint density at radius 1 is 0.581 bits per heavy atom. The summed E-state index contributed by atoms with van der Waals surface area (Å²) in [5, 5.41) is 21.3. The van der Waals surface area contributed by atoms with Gasteiger partial charge in [-0.1, -0.05) is 43.5 Å². The average molecular weight is 430 g/mol. The molecule has 0 unspecified atom stereocenters. The first kappa shape index (κ1) is 25.2. The third kappa shape index (κ3) is 11.8. The van der Waals surface area contributed by atoms with Gasteiger partial charge in [-0.2, -0.15) is 0 Å². The molecule has 0 aliphatic carbocycles. The van der Waals surface area contributed by atoms with Crippen molar-refractivity contribution < 1.29 is 19.7 Å². The highest BCUT2D eigenvalue weighted by atomic mass is 16.5. The summed E-state index contributed by atoms with van der Waals surface area (Å²) in [5.74, 6) is 1.80. The standard InChI is InChI=1S/C26H39NO4/c28-18-6-2-4-8-20-30-25-13-9-23(10-14-25)21-27-17-5-1-3-7-19-31-26-15-11-24(22-29)12-16-26/h9-16,27-29H,1-8,17-22H2. The summed E-state index contributed by atoms with van der Waals surface area (Å²) >= 11 is 0. The molecular formula is C26H39NO4. The molecule has 2 rings (SSSR count). The number of aliphatic hydroxyl groups excluding tert-OH is 2. The van der Waals surface area contributed by atoms with Crippen LogP contribution >= 0.6 is 0 Å². The normalized spacial score (nSPS) is 10.9. The van der Waals surface area contributed by atoms with Gasteiger partial charge in [-0.25, -0.2) is 0 Å². The fourth-order valence-electron chi connectivity index (χ4n) is 3.28. The van der Waals surface area contributed by atoms with Crippen molar-refractivity contribution in [2.45, 2.75) is 64.5 Å². The van der Waals surface area contributed by atoms with Crippen molar-refractivity contribution in [1.82, 2.24) is 5.32 Å². The number of nitrogens with one attached hydrogen (secondary N) is 1. The topological polar surface area (TPSA) is 71.0 Å². The predicted octanol–water partition coefficient (Wildman–Crippen LogP) is 4.84. The van der Waals surface area contributed by atoms with E-state index in [-0.39, 0.29) is 13.2 Å². The number of benzene rings is 2. The molecule has 0 heterocycles. The molecule has 0 spiro atoms. The number of rotatable bonds is 18. The minimum atomic E-state index is 0.0708. The zero-order valence-electron chi connectivity index (χ0n) is 18.7. The number of hydrogen-bond acceptors (Lipinski definition) is 5. The lowest BCUT2D eigenvalue weighted by Crippen LogP contribution is -2.14. The highest BCUT2D eigenvalue weighted by molar-refractivity contribution is 5.27. The van der Waals surface area contributed by atoms with Crippen LogP contribution in [0.15, 0.2) is 48.5 Å². The van der Waals surface area contributed by atoms with E-state index in [9.17, 15) is 0 Å². The van der Waals surface area contributed by atoms with Gasteiger partial charge in [0.2, 0.25) is 0 Å². The van der Waals surface area contributed by atoms with E-state index in [1.807, 2.05) is 36.4 Å². The van der Waals surface area contributed by atoms with Crippen LogP contribution in [-0.4, -0.2) is 36.6 Å². The van der Waals surface area contributed by atoms with Crippen LogP contribution in [0.2, 0.25) is 0 Å². The Bertz CT molecular complexity index is 673. The van der Waals surface area contributed by atoms with Gasteiger partial charge in [0.15, 0.2) is 0 Å². The molecule has 0 aromatic heterocycles. The number of ether oxygens (including phenoxy) is 2. The fraction of sp³-hybridized carbons (Fsp3) is 0.538. The van der Waals surface area contributed by atoms with Gasteiger partial charge in [-0.3, -0.25) is 0 Å². The molecule has 0 aliphatic rings. The maximum Gasteiger partial charge on any atom is 0.119 e. The van der Waals surface area contributed by atoms with Crippen molar-refractivity contribution in [3.63, 3.8) is 0 Å². The van der Waals surface area contributed by atoms with Gasteiger partial charge in [0.05, 0.1) is 19.8 Å². The Morgan fingerprint density at radius 3 is 1.65 bits per heavy atom. The molecule has 0 aliphatic heterocycles. The van der Waals surface area contributed by atoms with E-state index in [4.69, 9.17) is 19.7 Å². The summed E-state index contributed by atoms with van der Waals surface area (Å²) in [4.78, 5) is 0. The Hall–Kier alpha value is -2.08. The van der Waals surface area contributed by atoms with Crippen LogP contribution < -0.4 is 14.8 Å². The Morgan fingerprint density at radius 2 is 1.10 bits per heavy atom. The molecule has 0 saturated carbocycles. The minimum absolute atomic E-state index is 0.0708. The van der Waals surface area contributed by atoms with E-state index in [0.29, 0.717) is 0 Å². The number of aliphatic hydroxyl groups is 2. The van der Waals surface area contributed by atoms with Crippen molar-refractivity contribution in [3.8, 4) is 11.5 Å². The molecule has 2 aromatic carbocycles. The van der Waals surface area contributed by atoms with E-state index in [2.05, 4.69) is 17.4 Å². The first-order valence-electron chi connectivity index (χ1n) is 11.7. The number of hydrogen-bond donors (Lipinski definition) is 3. The quantitative estimate of drug-likeness (QED) is 0.296. The average Bonchev–Trinajstić information content (AvgIpc) is 2.81. The minimum Gasteiger partial charge on any atom is -0.494 e. The van der Waals surface area contributed by atoms with Crippen LogP contribution in [0, 0.1) is 0 Å². The monoisotopic (exact) mass is 429 g/mol. The van der Waals surface area contributed by atoms with E-state index >= 15 is 0 Å². The summed E-state index contributed by atoms with van der Waals surface area (Å²) in [5.41, 5.74) is 2.18. The van der Waals surface area contributed by atoms with E-state index in [0.717, 1.165) is 75.5 Å². The molecule has 2 aromatic rings. The smallest absolute Gasteiger partial charge is 0.119 e. The van der Waals surface area contributed by atoms with E-state index in [1.54, 1.807) is 0 Å². The summed E-state index contributed by atoms with van der Waals surface area (Å²) in [6.07, 6.45) is 8.69. The second-order valence-corrected chi connectivity index (χ2v) is 7.87. The zero-order chi connectivity index (χ0) is 22.0. The highest BCUT2D eigenvalue weighted by Crippen LogP contribution is 2.14. The molecule has 0 amide bonds. The van der Waals surface area contributed by atoms with Crippen LogP contribution in [0.25, 0.3) is 0 Å². The summed E-state index contributed by atoms with van der Waals surface area (Å²) in [6.45, 7) is 3.74. The predicted molar refractivity (Wildman–Crippen MR) is 126 cm³/mol. The molecule has 31 heavy (non-hydrogen) atoms. The summed E-state index contributed by atoms with van der Waals surface area (Å²) < 4.78 is 11.5. The first-order valence-corrected chi connectivity index (χ1v) is 11.7. The first-order chi connectivity index (χ1) is 15.3. The molecule has 0 saturated heterocycles. The Labute approximate surface area is 187 Å². The Kier molecular flexibility index (Phi) is 13.5. The van der Waals surface area contributed by atoms with Gasteiger partial charge in [-0.05, 0) is 74.0 Å². The van der Waals surface area contributed by atoms with Crippen LogP contribution in [0.1, 0.15) is 62.5 Å². The SMILES string of the molecule is OCCCCCCOc1ccc(CNCCCCCCOc2ccc(CO)cc2)cc1. The van der Waals surface area contributed by atoms with Gasteiger partial charge in [-0.15, -0.1) is 0 Å². The van der Waals surface area contributed by atoms with Gasteiger partial charge < -0.3 is 25.0 Å². The van der Waals surface area contributed by atoms with Gasteiger partial charge >= 0.3 is 0 Å². The molecule has 5 nitrogen and oxygen atoms in total. The van der Waals surface area contributed by atoms with E-state index in [1.165, 1.54) is 24.8 Å². The van der Waals surface area contributed by atoms with Crippen molar-refractivity contribution >= 4 is 0 Å². The van der Waals surface area contributed by atoms with E-state index < -0.39 is 0 Å². The molecule has 172 valence electrons. The number of unbranched alkanes of at least 4 members (excludes halogenated alkanes) is 6. The largest absolute Gasteiger partial charge is 0.494 e. The molecule has 5 heteroatoms. The van der Waals surface area contributed by atoms with Crippen molar-refractivity contribution in [2.75, 3.05) is 26.4 Å². The maximum absolute atomic E-state index is 9.04. The molecular weight excluding hydrogens is 390 g/mol. The fourth-order valence-corrected chi connectivity index (χ4v) is 3.28. The molecule has 3 N–H and O–H groups in total. The van der Waals surface area contributed by atoms with Crippen LogP contribution in [0.3, 0.4) is 0 Å². The molecule has 0 fully saturated rings. The van der Waals surface area contributed by atoms with Crippen LogP contribution in [0.4, 0.5) is 0 Å². The van der Waals surface area contributed by atoms with Crippen molar-refractivity contribution in [3.05, 3.63) is 59.7 Å². The molecule has 0 atom stereocenters. The lowest BCUT2D eigenvalue weighted by molar-refractivity contribution is 0.273. The van der Waals surface area contributed by atoms with Gasteiger partial charge in [0.25, 0.3) is 0 Å². The van der Waals surface area contributed by atoms with Gasteiger partial charge in [0.1, 0.15) is 11.5 Å². The lowest BCUT2D eigenvalue weighted by atomic mass is 10.2. The second-order valence-electron chi connectivity index (χ2n) is 7.87. The van der Waals surface area contributed by atoms with Gasteiger partial charge in [0, 0.05) is 13.2 Å². The van der Waals surface area contributed by atoms with Crippen LogP contribution in [0.5, 0.6) is 11.5 Å². The third-order valence-corrected chi connectivity index (χ3v) is 5.20. The van der Waals surface area contributed by atoms with Crippen LogP contribution in [-0.2, 0) is 13.2 Å². The second kappa shape index (κ2) is 16.6. The highest BCUT2D eigenvalue weighted by Gasteiger charge is 1.98. The molecule has 0 radical (unpaired) electrons. The Balaban J connectivity index is 1.42. The van der Waals surface area contributed by atoms with Crippen molar-refractivity contribution in [1.29, 1.82) is 0 Å². The third-order valence-electron chi connectivity index (χ3n) is 5.20. The molecule has 0 bridgehead atoms. The van der Waals surface area contributed by atoms with Crippen molar-refractivity contribution in [2.24, 2.45) is 0 Å².